The Morgan fingerprint density at radius 2 is 1.88 bits per heavy atom. The Morgan fingerprint density at radius 1 is 1.27 bits per heavy atom. The molecule has 33 heavy (non-hydrogen) atoms. The monoisotopic (exact) mass is 481 g/mol. The van der Waals surface area contributed by atoms with Gasteiger partial charge < -0.3 is 34.8 Å². The maximum absolute atomic E-state index is 15.0. The number of aliphatic hydroxyl groups excluding tert-OH is 3. The lowest BCUT2D eigenvalue weighted by Crippen LogP contribution is -2.51. The summed E-state index contributed by atoms with van der Waals surface area (Å²) in [5, 5.41) is 32.4. The first-order valence-corrected chi connectivity index (χ1v) is 11.3. The van der Waals surface area contributed by atoms with Crippen LogP contribution in [-0.2, 0) is 19.0 Å². The standard InChI is InChI=1S/C23H41F2NO7/c1-13-10-17(33-15(3)14(13)2)20(29)21(30)26-19(32-7)8-9-23(24,25)22(4,5)18(28)11-16(12-27)31-6/h14-20,27-29H,1,8-12H2,2-7H3,(H,26,30)/t14-,15?,16?,17?,18-,19?,20?/m1/s1. The second kappa shape index (κ2) is 12.5. The Hall–Kier alpha value is -1.17. The van der Waals surface area contributed by atoms with Gasteiger partial charge in [0.1, 0.15) is 6.23 Å². The molecule has 1 rings (SSSR count). The van der Waals surface area contributed by atoms with Crippen LogP contribution in [0, 0.1) is 11.3 Å². The number of ether oxygens (including phenoxy) is 3. The van der Waals surface area contributed by atoms with Gasteiger partial charge in [0.05, 0.1) is 36.4 Å². The van der Waals surface area contributed by atoms with Crippen LogP contribution in [0.25, 0.3) is 0 Å². The first-order chi connectivity index (χ1) is 15.2. The third kappa shape index (κ3) is 7.66. The molecule has 0 aromatic heterocycles. The molecular formula is C23H41F2NO7. The van der Waals surface area contributed by atoms with Gasteiger partial charge in [-0.25, -0.2) is 8.78 Å². The van der Waals surface area contributed by atoms with E-state index in [1.54, 1.807) is 0 Å². The van der Waals surface area contributed by atoms with Crippen molar-refractivity contribution in [2.24, 2.45) is 11.3 Å². The number of aliphatic hydroxyl groups is 3. The van der Waals surface area contributed by atoms with Gasteiger partial charge in [0, 0.05) is 33.0 Å². The van der Waals surface area contributed by atoms with Crippen LogP contribution in [0.5, 0.6) is 0 Å². The number of nitrogens with one attached hydrogen (secondary N) is 1. The van der Waals surface area contributed by atoms with Gasteiger partial charge in [-0.05, 0) is 19.8 Å². The highest BCUT2D eigenvalue weighted by atomic mass is 19.3. The average Bonchev–Trinajstić information content (AvgIpc) is 2.76. The first-order valence-electron chi connectivity index (χ1n) is 11.3. The van der Waals surface area contributed by atoms with Crippen molar-refractivity contribution in [3.05, 3.63) is 12.2 Å². The molecule has 1 fully saturated rings. The minimum atomic E-state index is -3.32. The molecule has 7 atom stereocenters. The lowest BCUT2D eigenvalue weighted by Gasteiger charge is -2.39. The van der Waals surface area contributed by atoms with E-state index in [1.807, 2.05) is 13.8 Å². The molecule has 0 spiro atoms. The molecule has 0 bridgehead atoms. The summed E-state index contributed by atoms with van der Waals surface area (Å²) in [5.74, 6) is -4.01. The molecule has 8 nitrogen and oxygen atoms in total. The van der Waals surface area contributed by atoms with E-state index in [0.29, 0.717) is 6.42 Å². The lowest BCUT2D eigenvalue weighted by atomic mass is 9.76. The molecule has 1 aliphatic heterocycles. The van der Waals surface area contributed by atoms with Crippen molar-refractivity contribution in [1.29, 1.82) is 0 Å². The number of carbonyl (C=O) groups excluding carboxylic acids is 1. The zero-order chi connectivity index (χ0) is 25.6. The number of halogens is 2. The highest BCUT2D eigenvalue weighted by molar-refractivity contribution is 5.81. The summed E-state index contributed by atoms with van der Waals surface area (Å²) in [7, 11) is 2.59. The SMILES string of the molecule is C=C1CC(C(O)C(=O)NC(CCC(F)(F)C(C)(C)[C@H](O)CC(CO)OC)OC)OC(C)[C@@H]1C. The van der Waals surface area contributed by atoms with Crippen LogP contribution in [0.1, 0.15) is 53.4 Å². The first kappa shape index (κ1) is 29.9. The van der Waals surface area contributed by atoms with Crippen molar-refractivity contribution in [2.45, 2.75) is 96.0 Å². The summed E-state index contributed by atoms with van der Waals surface area (Å²) in [5.41, 5.74) is -0.963. The Kier molecular flexibility index (Phi) is 11.3. The minimum Gasteiger partial charge on any atom is -0.394 e. The van der Waals surface area contributed by atoms with E-state index >= 15 is 8.78 Å². The van der Waals surface area contributed by atoms with Gasteiger partial charge >= 0.3 is 0 Å². The number of alkyl halides is 2. The number of carbonyl (C=O) groups is 1. The Bertz CT molecular complexity index is 642. The Morgan fingerprint density at radius 3 is 2.36 bits per heavy atom. The molecule has 1 heterocycles. The van der Waals surface area contributed by atoms with Gasteiger partial charge in [0.15, 0.2) is 6.10 Å². The third-order valence-electron chi connectivity index (χ3n) is 6.93. The molecule has 0 aliphatic carbocycles. The van der Waals surface area contributed by atoms with Gasteiger partial charge in [-0.2, -0.15) is 0 Å². The highest BCUT2D eigenvalue weighted by Gasteiger charge is 2.51. The van der Waals surface area contributed by atoms with E-state index < -0.39 is 60.9 Å². The quantitative estimate of drug-likeness (QED) is 0.235. The van der Waals surface area contributed by atoms with Crippen molar-refractivity contribution in [3.8, 4) is 0 Å². The summed E-state index contributed by atoms with van der Waals surface area (Å²) < 4.78 is 45.8. The summed E-state index contributed by atoms with van der Waals surface area (Å²) in [6.45, 7) is 9.83. The van der Waals surface area contributed by atoms with Crippen molar-refractivity contribution in [1.82, 2.24) is 5.32 Å². The number of rotatable bonds is 13. The molecule has 1 saturated heterocycles. The fourth-order valence-corrected chi connectivity index (χ4v) is 3.73. The maximum atomic E-state index is 15.0. The molecule has 0 saturated carbocycles. The number of amides is 1. The van der Waals surface area contributed by atoms with Gasteiger partial charge in [-0.15, -0.1) is 0 Å². The number of hydrogen-bond donors (Lipinski definition) is 4. The van der Waals surface area contributed by atoms with Gasteiger partial charge in [-0.3, -0.25) is 4.79 Å². The molecule has 194 valence electrons. The fourth-order valence-electron chi connectivity index (χ4n) is 3.73. The second-order valence-electron chi connectivity index (χ2n) is 9.47. The molecule has 1 amide bonds. The Balaban J connectivity index is 2.71. The molecule has 1 aliphatic rings. The minimum absolute atomic E-state index is 0.0979. The van der Waals surface area contributed by atoms with E-state index in [1.165, 1.54) is 28.1 Å². The van der Waals surface area contributed by atoms with E-state index in [2.05, 4.69) is 11.9 Å². The van der Waals surface area contributed by atoms with Crippen LogP contribution >= 0.6 is 0 Å². The van der Waals surface area contributed by atoms with Gasteiger partial charge in [0.2, 0.25) is 0 Å². The van der Waals surface area contributed by atoms with E-state index in [4.69, 9.17) is 14.2 Å². The Labute approximate surface area is 195 Å². The topological polar surface area (TPSA) is 117 Å². The molecule has 4 N–H and O–H groups in total. The zero-order valence-electron chi connectivity index (χ0n) is 20.5. The van der Waals surface area contributed by atoms with Crippen molar-refractivity contribution < 1.29 is 43.1 Å². The molecule has 0 radical (unpaired) electrons. The molecule has 5 unspecified atom stereocenters. The van der Waals surface area contributed by atoms with Crippen LogP contribution in [0.15, 0.2) is 12.2 Å². The van der Waals surface area contributed by atoms with E-state index in [9.17, 15) is 20.1 Å². The van der Waals surface area contributed by atoms with Crippen LogP contribution in [0.4, 0.5) is 8.78 Å². The second-order valence-corrected chi connectivity index (χ2v) is 9.47. The molecule has 0 aromatic carbocycles. The van der Waals surface area contributed by atoms with Crippen molar-refractivity contribution >= 4 is 5.91 Å². The number of hydrogen-bond acceptors (Lipinski definition) is 7. The predicted octanol–water partition coefficient (Wildman–Crippen LogP) is 2.01. The molecule has 0 aromatic rings. The van der Waals surface area contributed by atoms with Crippen LogP contribution in [0.3, 0.4) is 0 Å². The van der Waals surface area contributed by atoms with Gasteiger partial charge in [-0.1, -0.05) is 32.9 Å². The largest absolute Gasteiger partial charge is 0.394 e. The average molecular weight is 482 g/mol. The third-order valence-corrected chi connectivity index (χ3v) is 6.93. The van der Waals surface area contributed by atoms with Crippen LogP contribution < -0.4 is 5.32 Å². The fraction of sp³-hybridized carbons (Fsp3) is 0.870. The van der Waals surface area contributed by atoms with Crippen LogP contribution in [-0.4, -0.2) is 84.7 Å². The molecular weight excluding hydrogens is 440 g/mol. The van der Waals surface area contributed by atoms with E-state index in [-0.39, 0.29) is 24.9 Å². The highest BCUT2D eigenvalue weighted by Crippen LogP contribution is 2.44. The summed E-state index contributed by atoms with van der Waals surface area (Å²) in [4.78, 5) is 12.5. The normalized spacial score (nSPS) is 25.9. The van der Waals surface area contributed by atoms with Crippen LogP contribution in [0.2, 0.25) is 0 Å². The van der Waals surface area contributed by atoms with E-state index in [0.717, 1.165) is 5.57 Å². The lowest BCUT2D eigenvalue weighted by molar-refractivity contribution is -0.174. The van der Waals surface area contributed by atoms with Gasteiger partial charge in [0.25, 0.3) is 11.8 Å². The predicted molar refractivity (Wildman–Crippen MR) is 119 cm³/mol. The summed E-state index contributed by atoms with van der Waals surface area (Å²) in [6.07, 6.45) is -6.55. The zero-order valence-corrected chi connectivity index (χ0v) is 20.5. The summed E-state index contributed by atoms with van der Waals surface area (Å²) >= 11 is 0. The van der Waals surface area contributed by atoms with Crippen molar-refractivity contribution in [3.63, 3.8) is 0 Å². The van der Waals surface area contributed by atoms with Crippen molar-refractivity contribution in [2.75, 3.05) is 20.8 Å². The summed E-state index contributed by atoms with van der Waals surface area (Å²) in [6, 6.07) is 0. The molecule has 10 heteroatoms. The maximum Gasteiger partial charge on any atom is 0.255 e. The number of methoxy groups -OCH3 is 2. The smallest absolute Gasteiger partial charge is 0.255 e.